The van der Waals surface area contributed by atoms with Crippen LogP contribution in [0.5, 0.6) is 11.5 Å². The molecule has 0 amide bonds. The average Bonchev–Trinajstić information content (AvgIpc) is 2.62. The maximum absolute atomic E-state index is 9.60. The normalized spacial score (nSPS) is 10.7. The van der Waals surface area contributed by atoms with E-state index in [9.17, 15) is 10.2 Å². The molecule has 6 nitrogen and oxygen atoms in total. The van der Waals surface area contributed by atoms with Gasteiger partial charge in [-0.25, -0.2) is 4.68 Å². The van der Waals surface area contributed by atoms with E-state index in [0.29, 0.717) is 16.5 Å². The van der Waals surface area contributed by atoms with Gasteiger partial charge >= 0.3 is 0 Å². The van der Waals surface area contributed by atoms with Gasteiger partial charge < -0.3 is 16.1 Å². The number of hydrogen-bond acceptors (Lipinski definition) is 6. The van der Waals surface area contributed by atoms with Crippen LogP contribution in [-0.4, -0.2) is 25.1 Å². The first kappa shape index (κ1) is 11.6. The minimum atomic E-state index is -0.141. The summed E-state index contributed by atoms with van der Waals surface area (Å²) in [5, 5.41) is 27.2. The minimum Gasteiger partial charge on any atom is -0.504 e. The molecule has 2 rings (SSSR count). The Labute approximate surface area is 102 Å². The van der Waals surface area contributed by atoms with E-state index in [-0.39, 0.29) is 11.5 Å². The Morgan fingerprint density at radius 2 is 1.94 bits per heavy atom. The van der Waals surface area contributed by atoms with Crippen molar-refractivity contribution in [3.05, 3.63) is 23.5 Å². The lowest BCUT2D eigenvalue weighted by atomic mass is 10.2. The molecule has 0 saturated carbocycles. The number of nitrogens with two attached hydrogens (primary N) is 1. The van der Waals surface area contributed by atoms with Crippen LogP contribution in [0.2, 0.25) is 0 Å². The lowest BCUT2D eigenvalue weighted by molar-refractivity contribution is 0.399. The number of phenols is 2. The number of nitrogen functional groups attached to an aromatic ring is 1. The molecule has 0 aliphatic rings. The standard InChI is InChI=1S/C10H12N4O2S/c1-5-8(4-3-7(15)9(5)16)17-10-13-12-6(2)14(10)11/h3-4,15-16H,11H2,1-2H3. The molecule has 90 valence electrons. The molecule has 0 aliphatic heterocycles. The summed E-state index contributed by atoms with van der Waals surface area (Å²) >= 11 is 1.28. The third kappa shape index (κ3) is 2.01. The SMILES string of the molecule is Cc1c(Sc2nnc(C)n2N)ccc(O)c1O. The molecule has 1 aromatic carbocycles. The Kier molecular flexibility index (Phi) is 2.84. The molecule has 4 N–H and O–H groups in total. The molecule has 1 aromatic heterocycles. The van der Waals surface area contributed by atoms with E-state index in [1.807, 2.05) is 0 Å². The second-order valence-electron chi connectivity index (χ2n) is 3.56. The number of phenolic OH excluding ortho intramolecular Hbond substituents is 2. The predicted molar refractivity (Wildman–Crippen MR) is 63.5 cm³/mol. The summed E-state index contributed by atoms with van der Waals surface area (Å²) in [6.45, 7) is 3.46. The van der Waals surface area contributed by atoms with Crippen LogP contribution in [0.1, 0.15) is 11.4 Å². The number of nitrogens with zero attached hydrogens (tertiary/aromatic N) is 3. The van der Waals surface area contributed by atoms with Gasteiger partial charge in [0.25, 0.3) is 0 Å². The quantitative estimate of drug-likeness (QED) is 0.548. The van der Waals surface area contributed by atoms with Crippen molar-refractivity contribution in [3.8, 4) is 11.5 Å². The molecule has 0 spiro atoms. The van der Waals surface area contributed by atoms with Gasteiger partial charge in [0.2, 0.25) is 5.16 Å². The fourth-order valence-electron chi connectivity index (χ4n) is 1.30. The van der Waals surface area contributed by atoms with E-state index >= 15 is 0 Å². The Bertz CT molecular complexity index is 568. The maximum atomic E-state index is 9.60. The van der Waals surface area contributed by atoms with Gasteiger partial charge in [-0.15, -0.1) is 10.2 Å². The first-order valence-corrected chi connectivity index (χ1v) is 5.69. The third-order valence-electron chi connectivity index (χ3n) is 2.40. The Hall–Kier alpha value is -1.89. The van der Waals surface area contributed by atoms with Crippen LogP contribution < -0.4 is 5.84 Å². The van der Waals surface area contributed by atoms with Crippen molar-refractivity contribution in [2.45, 2.75) is 23.9 Å². The molecular formula is C10H12N4O2S. The molecule has 7 heteroatoms. The predicted octanol–water partition coefficient (Wildman–Crippen LogP) is 1.17. The van der Waals surface area contributed by atoms with Gasteiger partial charge in [-0.2, -0.15) is 0 Å². The molecule has 17 heavy (non-hydrogen) atoms. The minimum absolute atomic E-state index is 0.130. The highest BCUT2D eigenvalue weighted by Gasteiger charge is 2.13. The number of aromatic nitrogens is 3. The number of aromatic hydroxyl groups is 2. The summed E-state index contributed by atoms with van der Waals surface area (Å²) in [5.74, 6) is 6.06. The first-order chi connectivity index (χ1) is 8.00. The van der Waals surface area contributed by atoms with Crippen molar-refractivity contribution < 1.29 is 10.2 Å². The van der Waals surface area contributed by atoms with Crippen LogP contribution in [0.4, 0.5) is 0 Å². The fraction of sp³-hybridized carbons (Fsp3) is 0.200. The molecule has 0 bridgehead atoms. The third-order valence-corrected chi connectivity index (χ3v) is 3.52. The summed E-state index contributed by atoms with van der Waals surface area (Å²) < 4.78 is 1.37. The molecule has 0 radical (unpaired) electrons. The molecule has 0 atom stereocenters. The van der Waals surface area contributed by atoms with E-state index < -0.39 is 0 Å². The van der Waals surface area contributed by atoms with E-state index in [0.717, 1.165) is 4.90 Å². The summed E-state index contributed by atoms with van der Waals surface area (Å²) in [4.78, 5) is 0.763. The van der Waals surface area contributed by atoms with E-state index in [2.05, 4.69) is 10.2 Å². The van der Waals surface area contributed by atoms with Gasteiger partial charge in [0.05, 0.1) is 0 Å². The number of aryl methyl sites for hydroxylation is 1. The lowest BCUT2D eigenvalue weighted by Gasteiger charge is -2.07. The van der Waals surface area contributed by atoms with Gasteiger partial charge in [0.15, 0.2) is 11.5 Å². The largest absolute Gasteiger partial charge is 0.504 e. The van der Waals surface area contributed by atoms with Crippen molar-refractivity contribution in [2.24, 2.45) is 0 Å². The summed E-state index contributed by atoms with van der Waals surface area (Å²) in [5.41, 5.74) is 0.579. The van der Waals surface area contributed by atoms with Crippen LogP contribution in [0.25, 0.3) is 0 Å². The zero-order valence-electron chi connectivity index (χ0n) is 9.38. The van der Waals surface area contributed by atoms with Gasteiger partial charge in [0.1, 0.15) is 5.82 Å². The summed E-state index contributed by atoms with van der Waals surface area (Å²) in [6.07, 6.45) is 0. The second-order valence-corrected chi connectivity index (χ2v) is 4.57. The summed E-state index contributed by atoms with van der Waals surface area (Å²) in [6, 6.07) is 3.12. The van der Waals surface area contributed by atoms with Crippen LogP contribution in [0, 0.1) is 13.8 Å². The van der Waals surface area contributed by atoms with Crippen LogP contribution in [0.3, 0.4) is 0 Å². The van der Waals surface area contributed by atoms with Gasteiger partial charge in [-0.05, 0) is 37.7 Å². The number of benzene rings is 1. The van der Waals surface area contributed by atoms with Crippen molar-refractivity contribution in [2.75, 3.05) is 5.84 Å². The van der Waals surface area contributed by atoms with Crippen molar-refractivity contribution in [3.63, 3.8) is 0 Å². The van der Waals surface area contributed by atoms with Crippen LogP contribution in [0.15, 0.2) is 22.2 Å². The highest BCUT2D eigenvalue weighted by molar-refractivity contribution is 7.99. The average molecular weight is 252 g/mol. The summed E-state index contributed by atoms with van der Waals surface area (Å²) in [7, 11) is 0. The van der Waals surface area contributed by atoms with Crippen molar-refractivity contribution >= 4 is 11.8 Å². The van der Waals surface area contributed by atoms with Crippen molar-refractivity contribution in [1.29, 1.82) is 0 Å². The van der Waals surface area contributed by atoms with Gasteiger partial charge in [-0.1, -0.05) is 0 Å². The Balaban J connectivity index is 2.37. The van der Waals surface area contributed by atoms with E-state index in [1.165, 1.54) is 22.5 Å². The first-order valence-electron chi connectivity index (χ1n) is 4.87. The van der Waals surface area contributed by atoms with Crippen LogP contribution >= 0.6 is 11.8 Å². The number of rotatable bonds is 2. The topological polar surface area (TPSA) is 97.2 Å². The van der Waals surface area contributed by atoms with Crippen LogP contribution in [-0.2, 0) is 0 Å². The lowest BCUT2D eigenvalue weighted by Crippen LogP contribution is -2.11. The highest BCUT2D eigenvalue weighted by atomic mass is 32.2. The van der Waals surface area contributed by atoms with E-state index in [4.69, 9.17) is 5.84 Å². The van der Waals surface area contributed by atoms with Crippen molar-refractivity contribution in [1.82, 2.24) is 14.9 Å². The molecule has 1 heterocycles. The van der Waals surface area contributed by atoms with Gasteiger partial charge in [0, 0.05) is 10.5 Å². The smallest absolute Gasteiger partial charge is 0.214 e. The second kappa shape index (κ2) is 4.17. The molecule has 0 fully saturated rings. The number of hydrogen-bond donors (Lipinski definition) is 3. The maximum Gasteiger partial charge on any atom is 0.214 e. The molecule has 0 saturated heterocycles. The van der Waals surface area contributed by atoms with Gasteiger partial charge in [-0.3, -0.25) is 0 Å². The Morgan fingerprint density at radius 1 is 1.24 bits per heavy atom. The molecular weight excluding hydrogens is 240 g/mol. The Morgan fingerprint density at radius 3 is 2.53 bits per heavy atom. The highest BCUT2D eigenvalue weighted by Crippen LogP contribution is 2.37. The zero-order valence-corrected chi connectivity index (χ0v) is 10.2. The molecule has 2 aromatic rings. The zero-order chi connectivity index (χ0) is 12.6. The molecule has 0 aliphatic carbocycles. The van der Waals surface area contributed by atoms with E-state index in [1.54, 1.807) is 19.9 Å². The molecule has 0 unspecified atom stereocenters. The fourth-order valence-corrected chi connectivity index (χ4v) is 2.19. The monoisotopic (exact) mass is 252 g/mol.